The Labute approximate surface area is 150 Å². The monoisotopic (exact) mass is 349 g/mol. The SMILES string of the molecule is COc1ccc2c3c(c(=O)oc2c1)CN(C(=O)c1ccccc1C)CC3. The van der Waals surface area contributed by atoms with Crippen molar-refractivity contribution in [1.82, 2.24) is 4.90 Å². The Morgan fingerprint density at radius 3 is 2.73 bits per heavy atom. The standard InChI is InChI=1S/C21H19NO4/c1-13-5-3-4-6-15(13)20(23)22-10-9-16-17-8-7-14(25-2)11-19(17)26-21(24)18(16)12-22/h3-8,11H,9-10,12H2,1-2H3. The van der Waals surface area contributed by atoms with Crippen LogP contribution in [0.15, 0.2) is 51.7 Å². The minimum Gasteiger partial charge on any atom is -0.497 e. The van der Waals surface area contributed by atoms with Gasteiger partial charge in [-0.3, -0.25) is 4.79 Å². The Hall–Kier alpha value is -3.08. The molecule has 1 amide bonds. The fourth-order valence-corrected chi connectivity index (χ4v) is 3.53. The van der Waals surface area contributed by atoms with E-state index in [1.54, 1.807) is 18.1 Å². The fourth-order valence-electron chi connectivity index (χ4n) is 3.53. The van der Waals surface area contributed by atoms with E-state index in [-0.39, 0.29) is 18.1 Å². The van der Waals surface area contributed by atoms with Gasteiger partial charge in [-0.15, -0.1) is 0 Å². The summed E-state index contributed by atoms with van der Waals surface area (Å²) in [7, 11) is 1.58. The van der Waals surface area contributed by atoms with Gasteiger partial charge in [-0.05, 0) is 42.7 Å². The van der Waals surface area contributed by atoms with Crippen molar-refractivity contribution in [2.75, 3.05) is 13.7 Å². The van der Waals surface area contributed by atoms with Gasteiger partial charge in [0.1, 0.15) is 11.3 Å². The lowest BCUT2D eigenvalue weighted by molar-refractivity contribution is 0.0732. The van der Waals surface area contributed by atoms with Crippen LogP contribution >= 0.6 is 0 Å². The van der Waals surface area contributed by atoms with Crippen LogP contribution in [0.4, 0.5) is 0 Å². The first kappa shape index (κ1) is 16.4. The topological polar surface area (TPSA) is 59.8 Å². The maximum atomic E-state index is 12.9. The number of nitrogens with zero attached hydrogens (tertiary/aromatic N) is 1. The summed E-state index contributed by atoms with van der Waals surface area (Å²) in [5, 5.41) is 0.906. The zero-order valence-corrected chi connectivity index (χ0v) is 14.7. The molecule has 5 heteroatoms. The van der Waals surface area contributed by atoms with E-state index in [1.165, 1.54) is 0 Å². The maximum Gasteiger partial charge on any atom is 0.341 e. The van der Waals surface area contributed by atoms with Gasteiger partial charge in [-0.25, -0.2) is 4.79 Å². The molecule has 0 N–H and O–H groups in total. The zero-order chi connectivity index (χ0) is 18.3. The van der Waals surface area contributed by atoms with Gasteiger partial charge in [0.2, 0.25) is 0 Å². The van der Waals surface area contributed by atoms with E-state index in [2.05, 4.69) is 0 Å². The molecule has 1 aromatic heterocycles. The van der Waals surface area contributed by atoms with Crippen LogP contribution in [0.5, 0.6) is 5.75 Å². The quantitative estimate of drug-likeness (QED) is 0.666. The van der Waals surface area contributed by atoms with Crippen molar-refractivity contribution >= 4 is 16.9 Å². The molecule has 0 radical (unpaired) electrons. The van der Waals surface area contributed by atoms with Gasteiger partial charge in [0.05, 0.1) is 19.2 Å². The van der Waals surface area contributed by atoms with Crippen LogP contribution in [-0.2, 0) is 13.0 Å². The summed E-state index contributed by atoms with van der Waals surface area (Å²) in [5.41, 5.74) is 3.27. The molecule has 0 spiro atoms. The zero-order valence-electron chi connectivity index (χ0n) is 14.7. The number of carbonyl (C=O) groups is 1. The van der Waals surface area contributed by atoms with Crippen molar-refractivity contribution in [3.8, 4) is 5.75 Å². The Morgan fingerprint density at radius 1 is 1.15 bits per heavy atom. The summed E-state index contributed by atoms with van der Waals surface area (Å²) in [6.45, 7) is 2.76. The lowest BCUT2D eigenvalue weighted by Crippen LogP contribution is -2.38. The third kappa shape index (κ3) is 2.65. The van der Waals surface area contributed by atoms with Crippen LogP contribution in [0.1, 0.15) is 27.0 Å². The second kappa shape index (κ2) is 6.33. The fraction of sp³-hybridized carbons (Fsp3) is 0.238. The molecule has 132 valence electrons. The van der Waals surface area contributed by atoms with Crippen LogP contribution in [-0.4, -0.2) is 24.5 Å². The minimum absolute atomic E-state index is 0.0528. The smallest absolute Gasteiger partial charge is 0.341 e. The molecule has 0 aliphatic carbocycles. The molecular weight excluding hydrogens is 330 g/mol. The Morgan fingerprint density at radius 2 is 1.96 bits per heavy atom. The second-order valence-corrected chi connectivity index (χ2v) is 6.50. The molecule has 26 heavy (non-hydrogen) atoms. The van der Waals surface area contributed by atoms with Crippen molar-refractivity contribution in [2.45, 2.75) is 19.9 Å². The molecule has 0 bridgehead atoms. The molecule has 0 atom stereocenters. The van der Waals surface area contributed by atoms with Crippen molar-refractivity contribution < 1.29 is 13.9 Å². The van der Waals surface area contributed by atoms with Gasteiger partial charge < -0.3 is 14.1 Å². The highest BCUT2D eigenvalue weighted by Crippen LogP contribution is 2.28. The summed E-state index contributed by atoms with van der Waals surface area (Å²) in [5.74, 6) is 0.593. The van der Waals surface area contributed by atoms with Crippen LogP contribution < -0.4 is 10.4 Å². The van der Waals surface area contributed by atoms with Gasteiger partial charge in [0.25, 0.3) is 5.91 Å². The average molecular weight is 349 g/mol. The first-order chi connectivity index (χ1) is 12.6. The molecule has 0 saturated heterocycles. The number of ether oxygens (including phenoxy) is 1. The number of rotatable bonds is 2. The molecule has 4 rings (SSSR count). The molecule has 0 saturated carbocycles. The number of hydrogen-bond acceptors (Lipinski definition) is 4. The second-order valence-electron chi connectivity index (χ2n) is 6.50. The van der Waals surface area contributed by atoms with Gasteiger partial charge in [0, 0.05) is 23.6 Å². The molecule has 2 aromatic carbocycles. The third-order valence-electron chi connectivity index (χ3n) is 4.97. The number of carbonyl (C=O) groups excluding carboxylic acids is 1. The first-order valence-corrected chi connectivity index (χ1v) is 8.56. The highest BCUT2D eigenvalue weighted by atomic mass is 16.5. The van der Waals surface area contributed by atoms with E-state index >= 15 is 0 Å². The van der Waals surface area contributed by atoms with Gasteiger partial charge in [-0.2, -0.15) is 0 Å². The van der Waals surface area contributed by atoms with Gasteiger partial charge >= 0.3 is 5.63 Å². The lowest BCUT2D eigenvalue weighted by Gasteiger charge is -2.29. The number of aryl methyl sites for hydroxylation is 1. The highest BCUT2D eigenvalue weighted by molar-refractivity contribution is 5.96. The summed E-state index contributed by atoms with van der Waals surface area (Å²) in [6.07, 6.45) is 0.626. The first-order valence-electron chi connectivity index (χ1n) is 8.56. The third-order valence-corrected chi connectivity index (χ3v) is 4.97. The van der Waals surface area contributed by atoms with E-state index in [0.29, 0.717) is 35.4 Å². The van der Waals surface area contributed by atoms with Gasteiger partial charge in [0.15, 0.2) is 0 Å². The predicted octanol–water partition coefficient (Wildman–Crippen LogP) is 3.31. The Bertz CT molecular complexity index is 1070. The Kier molecular flexibility index (Phi) is 3.99. The summed E-state index contributed by atoms with van der Waals surface area (Å²) < 4.78 is 10.7. The van der Waals surface area contributed by atoms with E-state index in [9.17, 15) is 9.59 Å². The Balaban J connectivity index is 1.73. The normalized spacial score (nSPS) is 13.5. The van der Waals surface area contributed by atoms with E-state index in [4.69, 9.17) is 9.15 Å². The molecule has 0 unspecified atom stereocenters. The summed E-state index contributed by atoms with van der Waals surface area (Å²) in [4.78, 5) is 27.1. The summed E-state index contributed by atoms with van der Waals surface area (Å²) >= 11 is 0. The molecule has 0 fully saturated rings. The maximum absolute atomic E-state index is 12.9. The molecule has 1 aliphatic rings. The van der Waals surface area contributed by atoms with Crippen molar-refractivity contribution in [2.24, 2.45) is 0 Å². The van der Waals surface area contributed by atoms with Gasteiger partial charge in [-0.1, -0.05) is 18.2 Å². The van der Waals surface area contributed by atoms with E-state index in [0.717, 1.165) is 16.5 Å². The molecule has 1 aliphatic heterocycles. The molecule has 5 nitrogen and oxygen atoms in total. The molecule has 3 aromatic rings. The number of benzene rings is 2. The highest BCUT2D eigenvalue weighted by Gasteiger charge is 2.27. The number of hydrogen-bond donors (Lipinski definition) is 0. The lowest BCUT2D eigenvalue weighted by atomic mass is 9.96. The van der Waals surface area contributed by atoms with E-state index in [1.807, 2.05) is 43.3 Å². The van der Waals surface area contributed by atoms with Crippen LogP contribution in [0.25, 0.3) is 11.0 Å². The van der Waals surface area contributed by atoms with Crippen LogP contribution in [0.3, 0.4) is 0 Å². The predicted molar refractivity (Wildman–Crippen MR) is 98.7 cm³/mol. The largest absolute Gasteiger partial charge is 0.497 e. The number of methoxy groups -OCH3 is 1. The van der Waals surface area contributed by atoms with Crippen molar-refractivity contribution in [1.29, 1.82) is 0 Å². The summed E-state index contributed by atoms with van der Waals surface area (Å²) in [6, 6.07) is 13.0. The number of fused-ring (bicyclic) bond motifs is 3. The molecule has 2 heterocycles. The minimum atomic E-state index is -0.386. The average Bonchev–Trinajstić information content (AvgIpc) is 2.67. The molecular formula is C21H19NO4. The van der Waals surface area contributed by atoms with E-state index < -0.39 is 0 Å². The van der Waals surface area contributed by atoms with Crippen molar-refractivity contribution in [3.05, 3.63) is 75.1 Å². The van der Waals surface area contributed by atoms with Crippen molar-refractivity contribution in [3.63, 3.8) is 0 Å². The van der Waals surface area contributed by atoms with Crippen LogP contribution in [0, 0.1) is 6.92 Å². The van der Waals surface area contributed by atoms with Crippen LogP contribution in [0.2, 0.25) is 0 Å². The number of amides is 1.